The second kappa shape index (κ2) is 8.43. The fourth-order valence-electron chi connectivity index (χ4n) is 3.37. The topological polar surface area (TPSA) is 57.0 Å². The molecule has 0 atom stereocenters. The van der Waals surface area contributed by atoms with E-state index in [1.165, 1.54) is 5.56 Å². The third-order valence-corrected chi connectivity index (χ3v) is 4.88. The van der Waals surface area contributed by atoms with Gasteiger partial charge in [-0.2, -0.15) is 5.26 Å². The molecule has 128 valence electrons. The molecular weight excluding hydrogens is 310 g/mol. The zero-order valence-corrected chi connectivity index (χ0v) is 14.4. The van der Waals surface area contributed by atoms with Gasteiger partial charge in [0.1, 0.15) is 6.07 Å². The van der Waals surface area contributed by atoms with E-state index >= 15 is 0 Å². The van der Waals surface area contributed by atoms with E-state index in [2.05, 4.69) is 35.3 Å². The number of hydrogen-bond donors (Lipinski definition) is 0. The van der Waals surface area contributed by atoms with E-state index in [-0.39, 0.29) is 5.91 Å². The van der Waals surface area contributed by atoms with Crippen molar-refractivity contribution in [1.82, 2.24) is 9.88 Å². The maximum absolute atomic E-state index is 12.4. The number of aryl methyl sites for hydroxylation is 1. The number of carbonyl (C=O) groups is 1. The van der Waals surface area contributed by atoms with Crippen molar-refractivity contribution < 1.29 is 4.79 Å². The summed E-state index contributed by atoms with van der Waals surface area (Å²) < 4.78 is 0. The van der Waals surface area contributed by atoms with E-state index in [1.54, 1.807) is 12.3 Å². The molecule has 3 rings (SSSR count). The van der Waals surface area contributed by atoms with Crippen LogP contribution in [0.1, 0.15) is 36.1 Å². The molecule has 25 heavy (non-hydrogen) atoms. The maximum Gasteiger partial charge on any atom is 0.222 e. The summed E-state index contributed by atoms with van der Waals surface area (Å²) in [6.07, 6.45) is 5.95. The van der Waals surface area contributed by atoms with Crippen LogP contribution in [0.5, 0.6) is 0 Å². The number of carbonyl (C=O) groups excluding carboxylic acids is 1. The SMILES string of the molecule is N#Cc1ccc(CCC(=O)N2CCC(Cc3ccccc3)CC2)nc1. The Balaban J connectivity index is 1.42. The lowest BCUT2D eigenvalue weighted by molar-refractivity contribution is -0.132. The average Bonchev–Trinajstić information content (AvgIpc) is 2.68. The Morgan fingerprint density at radius 3 is 2.56 bits per heavy atom. The summed E-state index contributed by atoms with van der Waals surface area (Å²) in [5.74, 6) is 0.885. The number of likely N-dealkylation sites (tertiary alicyclic amines) is 1. The first-order chi connectivity index (χ1) is 12.2. The van der Waals surface area contributed by atoms with Crippen molar-refractivity contribution in [1.29, 1.82) is 5.26 Å². The molecule has 0 unspecified atom stereocenters. The van der Waals surface area contributed by atoms with Gasteiger partial charge >= 0.3 is 0 Å². The van der Waals surface area contributed by atoms with Crippen LogP contribution in [0.25, 0.3) is 0 Å². The quantitative estimate of drug-likeness (QED) is 0.843. The Kier molecular flexibility index (Phi) is 5.79. The third kappa shape index (κ3) is 4.90. The highest BCUT2D eigenvalue weighted by atomic mass is 16.2. The molecule has 1 aliphatic heterocycles. The second-order valence-corrected chi connectivity index (χ2v) is 6.66. The highest BCUT2D eigenvalue weighted by molar-refractivity contribution is 5.76. The standard InChI is InChI=1S/C21H23N3O/c22-15-19-6-7-20(23-16-19)8-9-21(25)24-12-10-18(11-13-24)14-17-4-2-1-3-5-17/h1-7,16,18H,8-14H2. The molecule has 1 saturated heterocycles. The lowest BCUT2D eigenvalue weighted by Gasteiger charge is -2.32. The Morgan fingerprint density at radius 2 is 1.92 bits per heavy atom. The van der Waals surface area contributed by atoms with Gasteiger partial charge in [-0.1, -0.05) is 30.3 Å². The molecule has 0 N–H and O–H groups in total. The van der Waals surface area contributed by atoms with Gasteiger partial charge in [0.2, 0.25) is 5.91 Å². The predicted molar refractivity (Wildman–Crippen MR) is 96.7 cm³/mol. The summed E-state index contributed by atoms with van der Waals surface area (Å²) in [5.41, 5.74) is 2.81. The van der Waals surface area contributed by atoms with Crippen molar-refractivity contribution in [2.24, 2.45) is 5.92 Å². The van der Waals surface area contributed by atoms with Crippen LogP contribution >= 0.6 is 0 Å². The maximum atomic E-state index is 12.4. The monoisotopic (exact) mass is 333 g/mol. The molecule has 1 aromatic carbocycles. The number of piperidine rings is 1. The van der Waals surface area contributed by atoms with Gasteiger partial charge in [-0.25, -0.2) is 0 Å². The first-order valence-corrected chi connectivity index (χ1v) is 8.91. The highest BCUT2D eigenvalue weighted by Crippen LogP contribution is 2.22. The molecule has 0 radical (unpaired) electrons. The molecule has 0 aliphatic carbocycles. The summed E-state index contributed by atoms with van der Waals surface area (Å²) in [7, 11) is 0. The molecule has 0 spiro atoms. The number of rotatable bonds is 5. The van der Waals surface area contributed by atoms with Crippen LogP contribution in [0.3, 0.4) is 0 Å². The molecular formula is C21H23N3O. The van der Waals surface area contributed by atoms with Crippen molar-refractivity contribution >= 4 is 5.91 Å². The third-order valence-electron chi connectivity index (χ3n) is 4.88. The number of nitriles is 1. The van der Waals surface area contributed by atoms with Crippen LogP contribution < -0.4 is 0 Å². The zero-order valence-electron chi connectivity index (χ0n) is 14.4. The number of nitrogens with zero attached hydrogens (tertiary/aromatic N) is 3. The van der Waals surface area contributed by atoms with Gasteiger partial charge < -0.3 is 4.90 Å². The molecule has 1 amide bonds. The van der Waals surface area contributed by atoms with Crippen molar-refractivity contribution in [3.05, 3.63) is 65.5 Å². The number of amides is 1. The molecule has 0 bridgehead atoms. The lowest BCUT2D eigenvalue weighted by atomic mass is 9.90. The van der Waals surface area contributed by atoms with E-state index in [0.29, 0.717) is 24.3 Å². The first-order valence-electron chi connectivity index (χ1n) is 8.91. The molecule has 4 heteroatoms. The Bertz CT molecular complexity index is 726. The Hall–Kier alpha value is -2.67. The predicted octanol–water partition coefficient (Wildman–Crippen LogP) is 3.37. The van der Waals surface area contributed by atoms with Gasteiger partial charge in [-0.3, -0.25) is 9.78 Å². The van der Waals surface area contributed by atoms with Crippen LogP contribution in [0.4, 0.5) is 0 Å². The molecule has 2 heterocycles. The zero-order chi connectivity index (χ0) is 17.5. The van der Waals surface area contributed by atoms with E-state index in [1.807, 2.05) is 17.0 Å². The highest BCUT2D eigenvalue weighted by Gasteiger charge is 2.22. The van der Waals surface area contributed by atoms with E-state index in [4.69, 9.17) is 5.26 Å². The number of benzene rings is 1. The normalized spacial score (nSPS) is 14.9. The Morgan fingerprint density at radius 1 is 1.16 bits per heavy atom. The minimum absolute atomic E-state index is 0.212. The molecule has 0 saturated carbocycles. The number of hydrogen-bond acceptors (Lipinski definition) is 3. The fraction of sp³-hybridized carbons (Fsp3) is 0.381. The minimum atomic E-state index is 0.212. The second-order valence-electron chi connectivity index (χ2n) is 6.66. The summed E-state index contributed by atoms with van der Waals surface area (Å²) in [6.45, 7) is 1.72. The van der Waals surface area contributed by atoms with Crippen LogP contribution in [0.2, 0.25) is 0 Å². The summed E-state index contributed by atoms with van der Waals surface area (Å²) in [6, 6.07) is 16.2. The average molecular weight is 333 g/mol. The van der Waals surface area contributed by atoms with Gasteiger partial charge in [-0.05, 0) is 49.3 Å². The van der Waals surface area contributed by atoms with E-state index in [0.717, 1.165) is 38.0 Å². The van der Waals surface area contributed by atoms with Crippen molar-refractivity contribution in [2.75, 3.05) is 13.1 Å². The molecule has 1 fully saturated rings. The van der Waals surface area contributed by atoms with Crippen LogP contribution in [0.15, 0.2) is 48.7 Å². The van der Waals surface area contributed by atoms with Crippen molar-refractivity contribution in [3.8, 4) is 6.07 Å². The van der Waals surface area contributed by atoms with Gasteiger partial charge in [0.15, 0.2) is 0 Å². The van der Waals surface area contributed by atoms with Crippen LogP contribution in [-0.4, -0.2) is 28.9 Å². The smallest absolute Gasteiger partial charge is 0.222 e. The summed E-state index contributed by atoms with van der Waals surface area (Å²) in [4.78, 5) is 18.6. The van der Waals surface area contributed by atoms with Gasteiger partial charge in [0.25, 0.3) is 0 Å². The summed E-state index contributed by atoms with van der Waals surface area (Å²) in [5, 5.41) is 8.78. The van der Waals surface area contributed by atoms with Gasteiger partial charge in [-0.15, -0.1) is 0 Å². The molecule has 1 aliphatic rings. The van der Waals surface area contributed by atoms with Crippen molar-refractivity contribution in [2.45, 2.75) is 32.1 Å². The van der Waals surface area contributed by atoms with Crippen LogP contribution in [0, 0.1) is 17.2 Å². The molecule has 4 nitrogen and oxygen atoms in total. The fourth-order valence-corrected chi connectivity index (χ4v) is 3.37. The van der Waals surface area contributed by atoms with E-state index < -0.39 is 0 Å². The molecule has 2 aromatic rings. The van der Waals surface area contributed by atoms with Crippen LogP contribution in [-0.2, 0) is 17.6 Å². The summed E-state index contributed by atoms with van der Waals surface area (Å²) >= 11 is 0. The lowest BCUT2D eigenvalue weighted by Crippen LogP contribution is -2.39. The van der Waals surface area contributed by atoms with Gasteiger partial charge in [0.05, 0.1) is 5.56 Å². The first kappa shape index (κ1) is 17.2. The minimum Gasteiger partial charge on any atom is -0.343 e. The van der Waals surface area contributed by atoms with Crippen molar-refractivity contribution in [3.63, 3.8) is 0 Å². The molecule has 1 aromatic heterocycles. The number of pyridine rings is 1. The number of aromatic nitrogens is 1. The van der Waals surface area contributed by atoms with Gasteiger partial charge in [0, 0.05) is 31.4 Å². The largest absolute Gasteiger partial charge is 0.343 e. The Labute approximate surface area is 149 Å². The van der Waals surface area contributed by atoms with E-state index in [9.17, 15) is 4.79 Å².